The lowest BCUT2D eigenvalue weighted by Crippen LogP contribution is -2.38. The predicted molar refractivity (Wildman–Crippen MR) is 91.5 cm³/mol. The second-order valence-corrected chi connectivity index (χ2v) is 5.90. The molecule has 3 rings (SSSR count). The molecule has 1 saturated heterocycles. The number of aromatic hydroxyl groups is 2. The number of hydrogen-bond donors (Lipinski definition) is 3. The molecule has 1 heterocycles. The largest absolute Gasteiger partial charge is 0.504 e. The monoisotopic (exact) mass is 330 g/mol. The molecule has 3 N–H and O–H groups in total. The number of phenols is 2. The van der Waals surface area contributed by atoms with Crippen LogP contribution < -0.4 is 5.32 Å². The average Bonchev–Trinajstić information content (AvgIpc) is 2.60. The van der Waals surface area contributed by atoms with E-state index in [2.05, 4.69) is 10.2 Å². The van der Waals surface area contributed by atoms with Gasteiger partial charge in [0.15, 0.2) is 11.5 Å². The topological polar surface area (TPSA) is 82.0 Å². The highest BCUT2D eigenvalue weighted by Crippen LogP contribution is 2.35. The summed E-state index contributed by atoms with van der Waals surface area (Å²) in [5, 5.41) is 24.1. The Bertz CT molecular complexity index is 726. The Morgan fingerprint density at radius 3 is 2.75 bits per heavy atom. The van der Waals surface area contributed by atoms with Crippen LogP contribution in [-0.4, -0.2) is 60.4 Å². The summed E-state index contributed by atoms with van der Waals surface area (Å²) < 4.78 is 5.30. The zero-order valence-electron chi connectivity index (χ0n) is 13.5. The first-order chi connectivity index (χ1) is 11.7. The van der Waals surface area contributed by atoms with Gasteiger partial charge in [0.05, 0.1) is 18.8 Å². The van der Waals surface area contributed by atoms with E-state index in [1.54, 1.807) is 18.2 Å². The number of benzene rings is 2. The van der Waals surface area contributed by atoms with Crippen molar-refractivity contribution in [3.63, 3.8) is 0 Å². The van der Waals surface area contributed by atoms with Gasteiger partial charge in [0.1, 0.15) is 0 Å². The average molecular weight is 330 g/mol. The normalized spacial score (nSPS) is 15.5. The maximum atomic E-state index is 12.5. The molecule has 1 aliphatic heterocycles. The Balaban J connectivity index is 1.64. The highest BCUT2D eigenvalue weighted by molar-refractivity contribution is 6.10. The molecular weight excluding hydrogens is 308 g/mol. The number of ether oxygens (including phenoxy) is 1. The van der Waals surface area contributed by atoms with Crippen molar-refractivity contribution >= 4 is 16.7 Å². The molecule has 0 unspecified atom stereocenters. The molecule has 0 atom stereocenters. The summed E-state index contributed by atoms with van der Waals surface area (Å²) in [5.74, 6) is -1.03. The molecule has 1 amide bonds. The Morgan fingerprint density at radius 2 is 1.96 bits per heavy atom. The van der Waals surface area contributed by atoms with Crippen LogP contribution >= 0.6 is 0 Å². The number of amides is 1. The summed E-state index contributed by atoms with van der Waals surface area (Å²) in [6.07, 6.45) is 0.823. The fourth-order valence-electron chi connectivity index (χ4n) is 2.97. The highest BCUT2D eigenvalue weighted by Gasteiger charge is 2.18. The molecule has 0 spiro atoms. The van der Waals surface area contributed by atoms with Gasteiger partial charge in [-0.3, -0.25) is 9.69 Å². The minimum atomic E-state index is -0.376. The van der Waals surface area contributed by atoms with Crippen molar-refractivity contribution < 1.29 is 19.7 Å². The lowest BCUT2D eigenvalue weighted by atomic mass is 10.0. The molecule has 0 radical (unpaired) electrons. The number of morpholine rings is 1. The zero-order chi connectivity index (χ0) is 16.9. The van der Waals surface area contributed by atoms with E-state index in [1.165, 1.54) is 6.07 Å². The van der Waals surface area contributed by atoms with Crippen molar-refractivity contribution in [2.75, 3.05) is 39.4 Å². The SMILES string of the molecule is O=C(NCCCN1CCOCC1)c1c(O)c(O)cc2ccccc12. The van der Waals surface area contributed by atoms with Crippen molar-refractivity contribution in [2.24, 2.45) is 0 Å². The molecule has 2 aromatic rings. The summed E-state index contributed by atoms with van der Waals surface area (Å²) in [5.41, 5.74) is 0.122. The number of carbonyl (C=O) groups excluding carboxylic acids is 1. The maximum absolute atomic E-state index is 12.5. The predicted octanol–water partition coefficient (Wildman–Crippen LogP) is 1.70. The van der Waals surface area contributed by atoms with Crippen LogP contribution in [-0.2, 0) is 4.74 Å². The van der Waals surface area contributed by atoms with Gasteiger partial charge in [0.25, 0.3) is 5.91 Å². The standard InChI is InChI=1S/C18H22N2O4/c21-15-12-13-4-1-2-5-14(13)16(17(15)22)18(23)19-6-3-7-20-8-10-24-11-9-20/h1-2,4-5,12,21-22H,3,6-11H2,(H,19,23). The lowest BCUT2D eigenvalue weighted by molar-refractivity contribution is 0.0374. The minimum absolute atomic E-state index is 0.122. The number of fused-ring (bicyclic) bond motifs is 1. The minimum Gasteiger partial charge on any atom is -0.504 e. The van der Waals surface area contributed by atoms with Gasteiger partial charge in [-0.1, -0.05) is 24.3 Å². The van der Waals surface area contributed by atoms with Crippen LogP contribution in [0.3, 0.4) is 0 Å². The number of rotatable bonds is 5. The van der Waals surface area contributed by atoms with E-state index in [0.717, 1.165) is 39.3 Å². The van der Waals surface area contributed by atoms with Crippen molar-refractivity contribution in [2.45, 2.75) is 6.42 Å². The fourth-order valence-corrected chi connectivity index (χ4v) is 2.97. The van der Waals surface area contributed by atoms with Gasteiger partial charge in [-0.05, 0) is 29.8 Å². The number of carbonyl (C=O) groups is 1. The summed E-state index contributed by atoms with van der Waals surface area (Å²) in [7, 11) is 0. The molecule has 0 aliphatic carbocycles. The summed E-state index contributed by atoms with van der Waals surface area (Å²) >= 11 is 0. The van der Waals surface area contributed by atoms with E-state index in [-0.39, 0.29) is 23.0 Å². The van der Waals surface area contributed by atoms with Gasteiger partial charge >= 0.3 is 0 Å². The summed E-state index contributed by atoms with van der Waals surface area (Å²) in [6.45, 7) is 4.78. The van der Waals surface area contributed by atoms with Gasteiger partial charge in [-0.15, -0.1) is 0 Å². The molecular formula is C18H22N2O4. The molecule has 0 aromatic heterocycles. The third-order valence-electron chi connectivity index (χ3n) is 4.27. The Morgan fingerprint density at radius 1 is 1.21 bits per heavy atom. The van der Waals surface area contributed by atoms with Crippen LogP contribution in [0.25, 0.3) is 10.8 Å². The molecule has 0 saturated carbocycles. The van der Waals surface area contributed by atoms with E-state index in [0.29, 0.717) is 17.3 Å². The molecule has 1 aliphatic rings. The first-order valence-corrected chi connectivity index (χ1v) is 8.19. The van der Waals surface area contributed by atoms with Crippen molar-refractivity contribution in [1.82, 2.24) is 10.2 Å². The Kier molecular flexibility index (Phi) is 5.17. The number of nitrogens with one attached hydrogen (secondary N) is 1. The van der Waals surface area contributed by atoms with Crippen LogP contribution in [0.1, 0.15) is 16.8 Å². The second-order valence-electron chi connectivity index (χ2n) is 5.90. The molecule has 6 nitrogen and oxygen atoms in total. The van der Waals surface area contributed by atoms with E-state index in [1.807, 2.05) is 6.07 Å². The highest BCUT2D eigenvalue weighted by atomic mass is 16.5. The van der Waals surface area contributed by atoms with Crippen LogP contribution in [0.4, 0.5) is 0 Å². The van der Waals surface area contributed by atoms with E-state index in [9.17, 15) is 15.0 Å². The molecule has 2 aromatic carbocycles. The van der Waals surface area contributed by atoms with Gasteiger partial charge in [-0.2, -0.15) is 0 Å². The third kappa shape index (κ3) is 3.60. The molecule has 1 fully saturated rings. The number of hydrogen-bond acceptors (Lipinski definition) is 5. The first-order valence-electron chi connectivity index (χ1n) is 8.19. The fraction of sp³-hybridized carbons (Fsp3) is 0.389. The summed E-state index contributed by atoms with van der Waals surface area (Å²) in [4.78, 5) is 14.8. The van der Waals surface area contributed by atoms with Crippen molar-refractivity contribution in [1.29, 1.82) is 0 Å². The molecule has 6 heteroatoms. The van der Waals surface area contributed by atoms with Crippen LogP contribution in [0.5, 0.6) is 11.5 Å². The molecule has 0 bridgehead atoms. The summed E-state index contributed by atoms with van der Waals surface area (Å²) in [6, 6.07) is 8.64. The number of nitrogens with zero attached hydrogens (tertiary/aromatic N) is 1. The lowest BCUT2D eigenvalue weighted by Gasteiger charge is -2.26. The van der Waals surface area contributed by atoms with Crippen molar-refractivity contribution in [3.05, 3.63) is 35.9 Å². The van der Waals surface area contributed by atoms with Crippen LogP contribution in [0.15, 0.2) is 30.3 Å². The van der Waals surface area contributed by atoms with Gasteiger partial charge in [-0.25, -0.2) is 0 Å². The quantitative estimate of drug-likeness (QED) is 0.574. The third-order valence-corrected chi connectivity index (χ3v) is 4.27. The smallest absolute Gasteiger partial charge is 0.255 e. The van der Waals surface area contributed by atoms with E-state index < -0.39 is 0 Å². The maximum Gasteiger partial charge on any atom is 0.255 e. The zero-order valence-corrected chi connectivity index (χ0v) is 13.5. The van der Waals surface area contributed by atoms with Gasteiger partial charge in [0.2, 0.25) is 0 Å². The molecule has 128 valence electrons. The van der Waals surface area contributed by atoms with Crippen LogP contribution in [0, 0.1) is 0 Å². The van der Waals surface area contributed by atoms with E-state index >= 15 is 0 Å². The van der Waals surface area contributed by atoms with E-state index in [4.69, 9.17) is 4.74 Å². The Hall–Kier alpha value is -2.31. The van der Waals surface area contributed by atoms with Crippen LogP contribution in [0.2, 0.25) is 0 Å². The molecule has 24 heavy (non-hydrogen) atoms. The second kappa shape index (κ2) is 7.51. The van der Waals surface area contributed by atoms with Gasteiger partial charge < -0.3 is 20.3 Å². The number of phenolic OH excluding ortho intramolecular Hbond substituents is 2. The first kappa shape index (κ1) is 16.5. The Labute approximate surface area is 140 Å². The van der Waals surface area contributed by atoms with Gasteiger partial charge in [0, 0.05) is 19.6 Å². The van der Waals surface area contributed by atoms with Crippen molar-refractivity contribution in [3.8, 4) is 11.5 Å².